The van der Waals surface area contributed by atoms with Crippen LogP contribution in [0.4, 0.5) is 18.9 Å². The third-order valence-electron chi connectivity index (χ3n) is 10.2. The minimum atomic E-state index is -3.69. The molecule has 270 valence electrons. The summed E-state index contributed by atoms with van der Waals surface area (Å²) in [6.07, 6.45) is 3.99. The summed E-state index contributed by atoms with van der Waals surface area (Å²) in [7, 11) is 1.92. The predicted octanol–water partition coefficient (Wildman–Crippen LogP) is 4.40. The molecule has 0 unspecified atom stereocenters. The van der Waals surface area contributed by atoms with E-state index in [4.69, 9.17) is 0 Å². The molecular weight excluding hydrogens is 639 g/mol. The first kappa shape index (κ1) is 37.9. The SMILES string of the molecule is CCn1nccc1C(=O)N[C@H](C(=O)Nc1ccc([C@H](C)[C@@H](NC(=O)C(F)(F)CC)C(=O)N2CCN(C)[C@H](C)C2)cc1F)C1CCC(C)CC1. The number of amides is 4. The van der Waals surface area contributed by atoms with Crippen LogP contribution in [0.15, 0.2) is 30.5 Å². The van der Waals surface area contributed by atoms with Crippen molar-refractivity contribution in [3.63, 3.8) is 0 Å². The third kappa shape index (κ3) is 9.00. The molecule has 2 fully saturated rings. The standard InChI is InChI=1S/C35H50F3N7O4/c1-7-35(37,38)34(49)42-29(33(48)44-18-17-43(6)22(4)20-44)23(5)25-13-14-27(26(36)19-25)40-32(47)30(24-11-9-21(3)10-12-24)41-31(46)28-15-16-39-45(28)8-2/h13-16,19,21-24,29-30H,7-12,17-18,20H2,1-6H3,(H,40,47)(H,41,46)(H,42,49)/t21?,22-,23+,24?,29-,30+/m1/s1. The van der Waals surface area contributed by atoms with Crippen LogP contribution in [0.5, 0.6) is 0 Å². The van der Waals surface area contributed by atoms with E-state index in [2.05, 4.69) is 32.9 Å². The predicted molar refractivity (Wildman–Crippen MR) is 180 cm³/mol. The smallest absolute Gasteiger partial charge is 0.324 e. The molecule has 4 amide bonds. The van der Waals surface area contributed by atoms with Crippen molar-refractivity contribution >= 4 is 29.3 Å². The lowest BCUT2D eigenvalue weighted by Gasteiger charge is -2.40. The number of aryl methyl sites for hydroxylation is 1. The molecular formula is C35H50F3N7O4. The molecule has 3 N–H and O–H groups in total. The summed E-state index contributed by atoms with van der Waals surface area (Å²) in [6.45, 7) is 10.4. The Balaban J connectivity index is 1.56. The van der Waals surface area contributed by atoms with Gasteiger partial charge in [0.15, 0.2) is 0 Å². The summed E-state index contributed by atoms with van der Waals surface area (Å²) >= 11 is 0. The number of carbonyl (C=O) groups excluding carboxylic acids is 4. The van der Waals surface area contributed by atoms with E-state index in [-0.39, 0.29) is 23.2 Å². The largest absolute Gasteiger partial charge is 0.339 e. The number of benzene rings is 1. The van der Waals surface area contributed by atoms with Crippen LogP contribution in [-0.2, 0) is 20.9 Å². The maximum Gasteiger partial charge on any atom is 0.324 e. The number of nitrogens with zero attached hydrogens (tertiary/aromatic N) is 4. The van der Waals surface area contributed by atoms with Crippen LogP contribution >= 0.6 is 0 Å². The van der Waals surface area contributed by atoms with Crippen molar-refractivity contribution < 1.29 is 32.3 Å². The maximum atomic E-state index is 15.7. The van der Waals surface area contributed by atoms with Crippen LogP contribution in [0, 0.1) is 17.7 Å². The minimum absolute atomic E-state index is 0.0150. The number of hydrogen-bond acceptors (Lipinski definition) is 6. The van der Waals surface area contributed by atoms with E-state index < -0.39 is 59.8 Å². The van der Waals surface area contributed by atoms with E-state index in [1.165, 1.54) is 34.8 Å². The van der Waals surface area contributed by atoms with Crippen LogP contribution in [0.3, 0.4) is 0 Å². The topological polar surface area (TPSA) is 129 Å². The summed E-state index contributed by atoms with van der Waals surface area (Å²) in [5, 5.41) is 11.9. The van der Waals surface area contributed by atoms with Gasteiger partial charge in [-0.1, -0.05) is 39.7 Å². The molecule has 1 saturated heterocycles. The van der Waals surface area contributed by atoms with E-state index >= 15 is 4.39 Å². The number of hydrogen-bond donors (Lipinski definition) is 3. The Kier molecular flexibility index (Phi) is 12.5. The monoisotopic (exact) mass is 689 g/mol. The fourth-order valence-electron chi connectivity index (χ4n) is 6.58. The highest BCUT2D eigenvalue weighted by atomic mass is 19.3. The van der Waals surface area contributed by atoms with E-state index in [1.807, 2.05) is 20.9 Å². The molecule has 2 aliphatic rings. The summed E-state index contributed by atoms with van der Waals surface area (Å²) in [6, 6.07) is 3.25. The molecule has 0 spiro atoms. The van der Waals surface area contributed by atoms with E-state index in [1.54, 1.807) is 13.0 Å². The summed E-state index contributed by atoms with van der Waals surface area (Å²) in [4.78, 5) is 56.9. The molecule has 1 aliphatic heterocycles. The zero-order valence-electron chi connectivity index (χ0n) is 29.3. The van der Waals surface area contributed by atoms with Crippen molar-refractivity contribution in [2.45, 2.75) is 103 Å². The van der Waals surface area contributed by atoms with Gasteiger partial charge in [0.05, 0.1) is 5.69 Å². The molecule has 0 bridgehead atoms. The molecule has 14 heteroatoms. The highest BCUT2D eigenvalue weighted by Gasteiger charge is 2.42. The first-order chi connectivity index (χ1) is 23.2. The Morgan fingerprint density at radius 2 is 1.71 bits per heavy atom. The Morgan fingerprint density at radius 3 is 2.33 bits per heavy atom. The van der Waals surface area contributed by atoms with Gasteiger partial charge < -0.3 is 25.8 Å². The second-order valence-electron chi connectivity index (χ2n) is 13.6. The number of anilines is 1. The maximum absolute atomic E-state index is 15.7. The number of carbonyl (C=O) groups is 4. The summed E-state index contributed by atoms with van der Waals surface area (Å²) in [5.74, 6) is -8.18. The molecule has 4 rings (SSSR count). The quantitative estimate of drug-likeness (QED) is 0.303. The lowest BCUT2D eigenvalue weighted by Crippen LogP contribution is -2.59. The zero-order chi connectivity index (χ0) is 36.0. The number of rotatable bonds is 12. The van der Waals surface area contributed by atoms with Gasteiger partial charge in [-0.05, 0) is 69.3 Å². The Labute approximate surface area is 286 Å². The molecule has 4 atom stereocenters. The normalized spacial score (nSPS) is 22.1. The number of halogens is 3. The van der Waals surface area contributed by atoms with Crippen molar-refractivity contribution in [1.82, 2.24) is 30.2 Å². The van der Waals surface area contributed by atoms with Crippen LogP contribution in [0.1, 0.15) is 88.7 Å². The van der Waals surface area contributed by atoms with Gasteiger partial charge in [-0.2, -0.15) is 13.9 Å². The van der Waals surface area contributed by atoms with Gasteiger partial charge in [0, 0.05) is 50.8 Å². The lowest BCUT2D eigenvalue weighted by atomic mass is 9.79. The van der Waals surface area contributed by atoms with Gasteiger partial charge >= 0.3 is 5.92 Å². The highest BCUT2D eigenvalue weighted by molar-refractivity contribution is 6.00. The molecule has 1 aromatic carbocycles. The van der Waals surface area contributed by atoms with E-state index in [0.717, 1.165) is 31.7 Å². The second-order valence-corrected chi connectivity index (χ2v) is 13.6. The van der Waals surface area contributed by atoms with Crippen molar-refractivity contribution in [2.75, 3.05) is 32.0 Å². The van der Waals surface area contributed by atoms with E-state index in [0.29, 0.717) is 37.8 Å². The fraction of sp³-hybridized carbons (Fsp3) is 0.629. The number of piperazine rings is 1. The van der Waals surface area contributed by atoms with Crippen molar-refractivity contribution in [3.05, 3.63) is 47.5 Å². The Morgan fingerprint density at radius 1 is 1.02 bits per heavy atom. The number of alkyl halides is 2. The highest BCUT2D eigenvalue weighted by Crippen LogP contribution is 2.32. The number of nitrogens with one attached hydrogen (secondary N) is 3. The molecule has 0 radical (unpaired) electrons. The Hall–Kier alpha value is -3.94. The van der Waals surface area contributed by atoms with Crippen LogP contribution in [-0.4, -0.2) is 93.9 Å². The second kappa shape index (κ2) is 16.2. The molecule has 1 aliphatic carbocycles. The number of likely N-dealkylation sites (N-methyl/N-ethyl adjacent to an activating group) is 1. The molecule has 2 heterocycles. The number of aromatic nitrogens is 2. The van der Waals surface area contributed by atoms with Gasteiger partial charge in [0.1, 0.15) is 23.6 Å². The van der Waals surface area contributed by atoms with Crippen LogP contribution in [0.2, 0.25) is 0 Å². The van der Waals surface area contributed by atoms with Crippen molar-refractivity contribution in [3.8, 4) is 0 Å². The molecule has 1 aromatic heterocycles. The van der Waals surface area contributed by atoms with E-state index in [9.17, 15) is 28.0 Å². The average Bonchev–Trinajstić information content (AvgIpc) is 3.57. The van der Waals surface area contributed by atoms with Gasteiger partial charge in [0.2, 0.25) is 11.8 Å². The zero-order valence-corrected chi connectivity index (χ0v) is 29.3. The van der Waals surface area contributed by atoms with Gasteiger partial charge in [0.25, 0.3) is 11.8 Å². The van der Waals surface area contributed by atoms with Crippen LogP contribution < -0.4 is 16.0 Å². The molecule has 49 heavy (non-hydrogen) atoms. The molecule has 1 saturated carbocycles. The van der Waals surface area contributed by atoms with Crippen molar-refractivity contribution in [1.29, 1.82) is 0 Å². The van der Waals surface area contributed by atoms with Gasteiger partial charge in [-0.25, -0.2) is 4.39 Å². The summed E-state index contributed by atoms with van der Waals surface area (Å²) < 4.78 is 46.0. The van der Waals surface area contributed by atoms with Gasteiger partial charge in [-0.15, -0.1) is 0 Å². The lowest BCUT2D eigenvalue weighted by molar-refractivity contribution is -0.150. The summed E-state index contributed by atoms with van der Waals surface area (Å²) in [5.41, 5.74) is 0.448. The minimum Gasteiger partial charge on any atom is -0.339 e. The van der Waals surface area contributed by atoms with Gasteiger partial charge in [-0.3, -0.25) is 23.9 Å². The average molecular weight is 690 g/mol. The van der Waals surface area contributed by atoms with Crippen molar-refractivity contribution in [2.24, 2.45) is 11.8 Å². The third-order valence-corrected chi connectivity index (χ3v) is 10.2. The Bertz CT molecular complexity index is 1490. The first-order valence-electron chi connectivity index (χ1n) is 17.3. The van der Waals surface area contributed by atoms with Crippen LogP contribution in [0.25, 0.3) is 0 Å². The first-order valence-corrected chi connectivity index (χ1v) is 17.3. The molecule has 11 nitrogen and oxygen atoms in total. The molecule has 2 aromatic rings. The fourth-order valence-corrected chi connectivity index (χ4v) is 6.58.